The van der Waals surface area contributed by atoms with Gasteiger partial charge in [0.1, 0.15) is 30.5 Å². The summed E-state index contributed by atoms with van der Waals surface area (Å²) < 4.78 is 24.9. The van der Waals surface area contributed by atoms with Gasteiger partial charge in [-0.25, -0.2) is 0 Å². The molecule has 0 atom stereocenters. The van der Waals surface area contributed by atoms with Gasteiger partial charge in [0.2, 0.25) is 0 Å². The van der Waals surface area contributed by atoms with Gasteiger partial charge in [0, 0.05) is 68.8 Å². The number of aryl methyl sites for hydroxylation is 2. The topological polar surface area (TPSA) is 189 Å². The van der Waals surface area contributed by atoms with Crippen molar-refractivity contribution in [3.05, 3.63) is 87.5 Å². The van der Waals surface area contributed by atoms with E-state index in [0.717, 1.165) is 35.3 Å². The van der Waals surface area contributed by atoms with Gasteiger partial charge in [-0.15, -0.1) is 0 Å². The van der Waals surface area contributed by atoms with Crippen molar-refractivity contribution in [2.45, 2.75) is 101 Å². The number of hydrogen-bond acceptors (Lipinski definition) is 13. The zero-order valence-corrected chi connectivity index (χ0v) is 32.4. The van der Waals surface area contributed by atoms with Crippen molar-refractivity contribution in [3.8, 4) is 23.0 Å². The zero-order valence-electron chi connectivity index (χ0n) is 32.4. The lowest BCUT2D eigenvalue weighted by Gasteiger charge is -2.36. The number of Topliss-reactive ketones (excluding diaryl/α,β-unsaturated/α-hetero) is 1. The van der Waals surface area contributed by atoms with Crippen LogP contribution in [0.3, 0.4) is 0 Å². The Morgan fingerprint density at radius 2 is 1.25 bits per heavy atom. The molecule has 6 heterocycles. The van der Waals surface area contributed by atoms with Gasteiger partial charge in [-0.3, -0.25) is 29.3 Å². The Kier molecular flexibility index (Phi) is 12.2. The van der Waals surface area contributed by atoms with Crippen molar-refractivity contribution >= 4 is 27.9 Å². The van der Waals surface area contributed by atoms with Crippen LogP contribution in [0.5, 0.6) is 23.0 Å². The number of aliphatic hydroxyl groups is 2. The Morgan fingerprint density at radius 1 is 0.719 bits per heavy atom. The smallest absolute Gasteiger partial charge is 0.251 e. The molecule has 0 unspecified atom stereocenters. The number of ether oxygens (including phenoxy) is 4. The summed E-state index contributed by atoms with van der Waals surface area (Å²) in [5.74, 6) is 2.82. The van der Waals surface area contributed by atoms with Crippen LogP contribution in [-0.2, 0) is 24.4 Å². The number of carbonyl (C=O) groups is 1. The third kappa shape index (κ3) is 9.60. The molecule has 302 valence electrons. The summed E-state index contributed by atoms with van der Waals surface area (Å²) in [6.45, 7) is 2.56. The van der Waals surface area contributed by atoms with Crippen molar-refractivity contribution in [3.63, 3.8) is 0 Å². The normalized spacial score (nSPS) is 20.1. The molecule has 3 aliphatic rings. The maximum absolute atomic E-state index is 12.6. The molecule has 15 nitrogen and oxygen atoms in total. The maximum atomic E-state index is 12.6. The first kappa shape index (κ1) is 39.8. The van der Waals surface area contributed by atoms with E-state index in [2.05, 4.69) is 20.3 Å². The first-order valence-corrected chi connectivity index (χ1v) is 19.6. The van der Waals surface area contributed by atoms with Crippen LogP contribution in [0.25, 0.3) is 22.1 Å². The molecule has 0 saturated heterocycles. The number of carbonyl (C=O) groups excluding carboxylic acids is 1. The highest BCUT2D eigenvalue weighted by molar-refractivity contribution is 5.79. The number of aromatic nitrogens is 5. The van der Waals surface area contributed by atoms with Gasteiger partial charge < -0.3 is 43.6 Å². The van der Waals surface area contributed by atoms with Gasteiger partial charge in [-0.05, 0) is 63.5 Å². The first-order chi connectivity index (χ1) is 27.5. The molecule has 5 aromatic rings. The molecule has 2 saturated carbocycles. The fourth-order valence-corrected chi connectivity index (χ4v) is 7.81. The number of nitrogens with zero attached hydrogens (tertiary/aromatic N) is 5. The number of rotatable bonds is 11. The van der Waals surface area contributed by atoms with Gasteiger partial charge in [0.25, 0.3) is 11.1 Å². The van der Waals surface area contributed by atoms with E-state index in [4.69, 9.17) is 18.9 Å². The van der Waals surface area contributed by atoms with Crippen LogP contribution in [0, 0.1) is 0 Å². The van der Waals surface area contributed by atoms with Crippen molar-refractivity contribution in [2.24, 2.45) is 0 Å². The molecule has 1 aliphatic heterocycles. The fourth-order valence-electron chi connectivity index (χ4n) is 7.81. The molecule has 2 fully saturated rings. The molecule has 0 bridgehead atoms. The molecule has 57 heavy (non-hydrogen) atoms. The molecule has 15 heteroatoms. The van der Waals surface area contributed by atoms with Crippen molar-refractivity contribution < 1.29 is 34.0 Å². The van der Waals surface area contributed by atoms with E-state index in [1.807, 2.05) is 12.1 Å². The number of methoxy groups -OCH3 is 2. The highest BCUT2D eigenvalue weighted by atomic mass is 16.6. The minimum Gasteiger partial charge on any atom is -0.495 e. The molecule has 2 aliphatic carbocycles. The standard InChI is InChI=1S/C25H30N4O5.C17H20N2O4/c1-32-19-13-21-20(28-15-19)2-3-24(30)29(21)9-8-25(31)6-4-17(5-7-25)26-14-18-12-22-23(16-27-18)34-11-10-33-22;1-23-13-10-15-14(18-11-13)2-3-16(21)19(15)9-8-17(22)6-4-12(20)5-7-17/h2-3,12-13,15-17,26,31H,4-11,14H2,1H3;2-3,10-11,22H,4-9H2,1H3. The Morgan fingerprint density at radius 3 is 1.79 bits per heavy atom. The minimum atomic E-state index is -0.873. The quantitative estimate of drug-likeness (QED) is 0.174. The van der Waals surface area contributed by atoms with Crippen molar-refractivity contribution in [1.29, 1.82) is 0 Å². The lowest BCUT2D eigenvalue weighted by atomic mass is 9.80. The largest absolute Gasteiger partial charge is 0.495 e. The second kappa shape index (κ2) is 17.4. The highest BCUT2D eigenvalue weighted by Gasteiger charge is 2.34. The summed E-state index contributed by atoms with van der Waals surface area (Å²) in [7, 11) is 3.13. The molecular weight excluding hydrogens is 732 g/mol. The summed E-state index contributed by atoms with van der Waals surface area (Å²) in [4.78, 5) is 49.2. The Bertz CT molecular complexity index is 2330. The fraction of sp³-hybridized carbons (Fsp3) is 0.476. The molecular formula is C42H50N6O9. The van der Waals surface area contributed by atoms with Crippen LogP contribution in [0.15, 0.2) is 70.6 Å². The van der Waals surface area contributed by atoms with Gasteiger partial charge in [-0.1, -0.05) is 0 Å². The molecule has 0 amide bonds. The van der Waals surface area contributed by atoms with Gasteiger partial charge >= 0.3 is 0 Å². The van der Waals surface area contributed by atoms with E-state index >= 15 is 0 Å². The summed E-state index contributed by atoms with van der Waals surface area (Å²) in [6.07, 6.45) is 10.8. The van der Waals surface area contributed by atoms with E-state index < -0.39 is 11.2 Å². The molecule has 0 spiro atoms. The van der Waals surface area contributed by atoms with Crippen LogP contribution in [-0.4, -0.2) is 84.8 Å². The lowest BCUT2D eigenvalue weighted by Crippen LogP contribution is -2.42. The summed E-state index contributed by atoms with van der Waals surface area (Å²) >= 11 is 0. The summed E-state index contributed by atoms with van der Waals surface area (Å²) in [6, 6.07) is 12.2. The van der Waals surface area contributed by atoms with E-state index in [9.17, 15) is 24.6 Å². The predicted molar refractivity (Wildman–Crippen MR) is 212 cm³/mol. The van der Waals surface area contributed by atoms with Crippen LogP contribution in [0.1, 0.15) is 69.9 Å². The number of ketones is 1. The summed E-state index contributed by atoms with van der Waals surface area (Å²) in [5, 5.41) is 25.4. The van der Waals surface area contributed by atoms with E-state index in [0.29, 0.717) is 119 Å². The van der Waals surface area contributed by atoms with Gasteiger partial charge in [0.15, 0.2) is 11.5 Å². The highest BCUT2D eigenvalue weighted by Crippen LogP contribution is 2.34. The van der Waals surface area contributed by atoms with Crippen LogP contribution in [0.2, 0.25) is 0 Å². The van der Waals surface area contributed by atoms with Crippen LogP contribution in [0.4, 0.5) is 0 Å². The molecule has 0 radical (unpaired) electrons. The Balaban J connectivity index is 0.000000188. The monoisotopic (exact) mass is 782 g/mol. The van der Waals surface area contributed by atoms with Crippen molar-refractivity contribution in [2.75, 3.05) is 27.4 Å². The Hall–Kier alpha value is -5.38. The van der Waals surface area contributed by atoms with Gasteiger partial charge in [-0.2, -0.15) is 0 Å². The molecule has 3 N–H and O–H groups in total. The van der Waals surface area contributed by atoms with Gasteiger partial charge in [0.05, 0.1) is 71.8 Å². The third-order valence-corrected chi connectivity index (χ3v) is 11.4. The SMILES string of the molecule is COc1cnc2ccc(=O)n(CCC3(O)CCC(=O)CC3)c2c1.COc1cnc2ccc(=O)n(CCC3(O)CCC(NCc4cc5c(cn4)OCCO5)CC3)c2c1. The van der Waals surface area contributed by atoms with Crippen LogP contribution < -0.4 is 35.4 Å². The lowest BCUT2D eigenvalue weighted by molar-refractivity contribution is -0.125. The Labute approximate surface area is 329 Å². The number of fused-ring (bicyclic) bond motifs is 3. The number of pyridine rings is 5. The van der Waals surface area contributed by atoms with Crippen molar-refractivity contribution in [1.82, 2.24) is 29.4 Å². The zero-order chi connectivity index (χ0) is 40.0. The van der Waals surface area contributed by atoms with E-state index in [1.165, 1.54) is 12.1 Å². The average molecular weight is 783 g/mol. The maximum Gasteiger partial charge on any atom is 0.251 e. The summed E-state index contributed by atoms with van der Waals surface area (Å²) in [5.41, 5.74) is 1.85. The first-order valence-electron chi connectivity index (χ1n) is 19.6. The second-order valence-corrected chi connectivity index (χ2v) is 15.2. The van der Waals surface area contributed by atoms with E-state index in [-0.39, 0.29) is 16.9 Å². The number of hydrogen-bond donors (Lipinski definition) is 3. The molecule has 5 aromatic heterocycles. The minimum absolute atomic E-state index is 0.103. The second-order valence-electron chi connectivity index (χ2n) is 15.2. The van der Waals surface area contributed by atoms with E-state index in [1.54, 1.807) is 60.1 Å². The average Bonchev–Trinajstić information content (AvgIpc) is 3.23. The predicted octanol–water partition coefficient (Wildman–Crippen LogP) is 4.09. The van der Waals surface area contributed by atoms with Crippen LogP contribution >= 0.6 is 0 Å². The number of nitrogens with one attached hydrogen (secondary N) is 1. The third-order valence-electron chi connectivity index (χ3n) is 11.4. The molecule has 0 aromatic carbocycles. The molecule has 8 rings (SSSR count).